The molecule has 1 aliphatic rings. The molecule has 2 rings (SSSR count). The molecular weight excluding hydrogens is 307 g/mol. The van der Waals surface area contributed by atoms with E-state index in [0.717, 1.165) is 0 Å². The van der Waals surface area contributed by atoms with Gasteiger partial charge in [-0.3, -0.25) is 9.59 Å². The van der Waals surface area contributed by atoms with Crippen LogP contribution >= 0.6 is 11.8 Å². The van der Waals surface area contributed by atoms with Gasteiger partial charge in [0, 0.05) is 6.42 Å². The van der Waals surface area contributed by atoms with Crippen LogP contribution in [-0.2, 0) is 9.59 Å². The number of ether oxygens (including phenoxy) is 1. The van der Waals surface area contributed by atoms with Crippen molar-refractivity contribution < 1.29 is 36.3 Å². The topological polar surface area (TPSA) is 43.4 Å². The number of carbonyl (C=O) groups excluding carboxylic acids is 2. The van der Waals surface area contributed by atoms with Crippen LogP contribution in [-0.4, -0.2) is 16.3 Å². The monoisotopic (exact) mass is 312 g/mol. The molecule has 3 nitrogen and oxygen atoms in total. The van der Waals surface area contributed by atoms with E-state index < -0.39 is 46.1 Å². The van der Waals surface area contributed by atoms with Gasteiger partial charge in [0.05, 0.1) is 0 Å². The van der Waals surface area contributed by atoms with Gasteiger partial charge in [-0.2, -0.15) is 8.78 Å². The maximum atomic E-state index is 13.3. The molecule has 1 aliphatic heterocycles. The molecule has 0 spiro atoms. The number of hydrogen-bond acceptors (Lipinski definition) is 4. The Hall–Kier alpha value is -1.64. The third-order valence-electron chi connectivity index (χ3n) is 2.52. The fraction of sp³-hybridized carbons (Fsp3) is 0.273. The molecule has 0 N–H and O–H groups in total. The highest BCUT2D eigenvalue weighted by Gasteiger charge is 2.34. The lowest BCUT2D eigenvalue weighted by Gasteiger charge is -2.11. The Labute approximate surface area is 113 Å². The Balaban J connectivity index is 2.30. The van der Waals surface area contributed by atoms with Crippen LogP contribution in [0.5, 0.6) is 5.75 Å². The van der Waals surface area contributed by atoms with Crippen LogP contribution in [0, 0.1) is 29.1 Å². The number of carbonyl (C=O) groups is 2. The van der Waals surface area contributed by atoms with Gasteiger partial charge in [0.15, 0.2) is 5.12 Å². The Morgan fingerprint density at radius 1 is 1.00 bits per heavy atom. The van der Waals surface area contributed by atoms with E-state index in [1.807, 2.05) is 0 Å². The van der Waals surface area contributed by atoms with Crippen molar-refractivity contribution >= 4 is 22.8 Å². The van der Waals surface area contributed by atoms with E-state index in [-0.39, 0.29) is 18.0 Å². The van der Waals surface area contributed by atoms with Gasteiger partial charge in [0.25, 0.3) is 0 Å². The minimum atomic E-state index is -2.34. The predicted molar refractivity (Wildman–Crippen MR) is 57.5 cm³/mol. The van der Waals surface area contributed by atoms with E-state index in [0.29, 0.717) is 11.8 Å². The lowest BCUT2D eigenvalue weighted by atomic mass is 10.2. The number of thioether (sulfide) groups is 1. The number of rotatable bonds is 2. The molecule has 0 saturated carbocycles. The van der Waals surface area contributed by atoms with Crippen molar-refractivity contribution in [3.8, 4) is 5.75 Å². The molecule has 0 aliphatic carbocycles. The van der Waals surface area contributed by atoms with Gasteiger partial charge < -0.3 is 4.74 Å². The standard InChI is InChI=1S/C11H5F5O3S/c12-5-6(13)8(15)10(9(16)7(5)14)19-11(18)3-1-2-4(17)20-3/h3H,1-2H2. The summed E-state index contributed by atoms with van der Waals surface area (Å²) in [4.78, 5) is 22.4. The SMILES string of the molecule is O=C1CCC(C(=O)Oc2c(F)c(F)c(F)c(F)c2F)S1. The zero-order chi connectivity index (χ0) is 15.0. The Bertz CT molecular complexity index is 575. The van der Waals surface area contributed by atoms with E-state index in [2.05, 4.69) is 4.74 Å². The van der Waals surface area contributed by atoms with Crippen LogP contribution in [0.4, 0.5) is 22.0 Å². The summed E-state index contributed by atoms with van der Waals surface area (Å²) in [7, 11) is 0. The highest BCUT2D eigenvalue weighted by molar-refractivity contribution is 8.15. The van der Waals surface area contributed by atoms with Crippen molar-refractivity contribution in [3.63, 3.8) is 0 Å². The van der Waals surface area contributed by atoms with Gasteiger partial charge in [-0.25, -0.2) is 13.2 Å². The fourth-order valence-corrected chi connectivity index (χ4v) is 2.47. The van der Waals surface area contributed by atoms with Crippen molar-refractivity contribution in [2.24, 2.45) is 0 Å². The molecule has 1 unspecified atom stereocenters. The summed E-state index contributed by atoms with van der Waals surface area (Å²) in [5.41, 5.74) is 0. The van der Waals surface area contributed by atoms with Crippen molar-refractivity contribution in [2.75, 3.05) is 0 Å². The summed E-state index contributed by atoms with van der Waals surface area (Å²) in [5, 5.41) is -1.33. The first kappa shape index (κ1) is 14.8. The molecule has 1 aromatic carbocycles. The molecule has 0 radical (unpaired) electrons. The fourth-order valence-electron chi connectivity index (χ4n) is 1.53. The van der Waals surface area contributed by atoms with E-state index in [4.69, 9.17) is 0 Å². The van der Waals surface area contributed by atoms with Gasteiger partial charge in [-0.05, 0) is 6.42 Å². The highest BCUT2D eigenvalue weighted by Crippen LogP contribution is 2.33. The molecular formula is C11H5F5O3S. The first-order valence-electron chi connectivity index (χ1n) is 5.25. The van der Waals surface area contributed by atoms with Crippen LogP contribution in [0.2, 0.25) is 0 Å². The number of benzene rings is 1. The second-order valence-corrected chi connectivity index (χ2v) is 5.10. The largest absolute Gasteiger partial charge is 0.419 e. The summed E-state index contributed by atoms with van der Waals surface area (Å²) < 4.78 is 69.3. The van der Waals surface area contributed by atoms with E-state index >= 15 is 0 Å². The van der Waals surface area contributed by atoms with E-state index in [1.165, 1.54) is 0 Å². The third kappa shape index (κ3) is 2.49. The molecule has 20 heavy (non-hydrogen) atoms. The molecule has 1 saturated heterocycles. The van der Waals surface area contributed by atoms with Crippen LogP contribution < -0.4 is 4.74 Å². The zero-order valence-electron chi connectivity index (χ0n) is 9.51. The van der Waals surface area contributed by atoms with Gasteiger partial charge in [-0.15, -0.1) is 0 Å². The van der Waals surface area contributed by atoms with Crippen molar-refractivity contribution in [2.45, 2.75) is 18.1 Å². The molecule has 1 aromatic rings. The quantitative estimate of drug-likeness (QED) is 0.277. The zero-order valence-corrected chi connectivity index (χ0v) is 10.3. The minimum Gasteiger partial charge on any atom is -0.419 e. The molecule has 1 fully saturated rings. The van der Waals surface area contributed by atoms with Crippen molar-refractivity contribution in [3.05, 3.63) is 29.1 Å². The first-order valence-corrected chi connectivity index (χ1v) is 6.13. The number of esters is 1. The summed E-state index contributed by atoms with van der Waals surface area (Å²) >= 11 is 0.596. The average molecular weight is 312 g/mol. The van der Waals surface area contributed by atoms with E-state index in [1.54, 1.807) is 0 Å². The van der Waals surface area contributed by atoms with Gasteiger partial charge in [0.2, 0.25) is 34.8 Å². The van der Waals surface area contributed by atoms with Gasteiger partial charge >= 0.3 is 5.97 Å². The lowest BCUT2D eigenvalue weighted by Crippen LogP contribution is -2.22. The van der Waals surface area contributed by atoms with Crippen LogP contribution in [0.25, 0.3) is 0 Å². The summed E-state index contributed by atoms with van der Waals surface area (Å²) in [6, 6.07) is 0. The molecule has 1 atom stereocenters. The Morgan fingerprint density at radius 2 is 1.50 bits per heavy atom. The normalized spacial score (nSPS) is 18.4. The molecule has 1 heterocycles. The second-order valence-electron chi connectivity index (χ2n) is 3.84. The molecule has 0 amide bonds. The van der Waals surface area contributed by atoms with Crippen LogP contribution in [0.3, 0.4) is 0 Å². The smallest absolute Gasteiger partial charge is 0.325 e. The van der Waals surface area contributed by atoms with Gasteiger partial charge in [0.1, 0.15) is 5.25 Å². The lowest BCUT2D eigenvalue weighted by molar-refractivity contribution is -0.134. The Kier molecular flexibility index (Phi) is 3.98. The summed E-state index contributed by atoms with van der Waals surface area (Å²) in [6.45, 7) is 0. The molecule has 0 aromatic heterocycles. The summed E-state index contributed by atoms with van der Waals surface area (Å²) in [5.74, 6) is -14.1. The van der Waals surface area contributed by atoms with Crippen molar-refractivity contribution in [1.29, 1.82) is 0 Å². The van der Waals surface area contributed by atoms with Crippen molar-refractivity contribution in [1.82, 2.24) is 0 Å². The maximum absolute atomic E-state index is 13.3. The summed E-state index contributed by atoms with van der Waals surface area (Å²) in [6.07, 6.45) is 0.152. The average Bonchev–Trinajstić information content (AvgIpc) is 2.85. The van der Waals surface area contributed by atoms with Crippen LogP contribution in [0.1, 0.15) is 12.8 Å². The van der Waals surface area contributed by atoms with Gasteiger partial charge in [-0.1, -0.05) is 11.8 Å². The van der Waals surface area contributed by atoms with Crippen LogP contribution in [0.15, 0.2) is 0 Å². The first-order chi connectivity index (χ1) is 9.32. The minimum absolute atomic E-state index is 0.0710. The third-order valence-corrected chi connectivity index (χ3v) is 3.70. The molecule has 108 valence electrons. The molecule has 0 bridgehead atoms. The highest BCUT2D eigenvalue weighted by atomic mass is 32.2. The number of hydrogen-bond donors (Lipinski definition) is 0. The Morgan fingerprint density at radius 3 is 1.95 bits per heavy atom. The second kappa shape index (κ2) is 5.39. The number of halogens is 5. The maximum Gasteiger partial charge on any atom is 0.325 e. The predicted octanol–water partition coefficient (Wildman–Crippen LogP) is 2.71. The van der Waals surface area contributed by atoms with E-state index in [9.17, 15) is 31.5 Å². The molecule has 9 heteroatoms.